The Balaban J connectivity index is 1.78. The highest BCUT2D eigenvalue weighted by molar-refractivity contribution is 7.92. The molecule has 1 N–H and O–H groups in total. The van der Waals surface area contributed by atoms with Gasteiger partial charge in [-0.3, -0.25) is 13.9 Å². The zero-order valence-corrected chi connectivity index (χ0v) is 28.0. The molecule has 1 fully saturated rings. The number of benzene rings is 3. The number of rotatable bonds is 11. The Morgan fingerprint density at radius 2 is 1.57 bits per heavy atom. The Kier molecular flexibility index (Phi) is 11.9. The molecule has 46 heavy (non-hydrogen) atoms. The maximum atomic E-state index is 14.2. The van der Waals surface area contributed by atoms with E-state index < -0.39 is 56.9 Å². The van der Waals surface area contributed by atoms with Crippen molar-refractivity contribution in [1.29, 1.82) is 0 Å². The van der Waals surface area contributed by atoms with Crippen LogP contribution < -0.4 is 9.62 Å². The van der Waals surface area contributed by atoms with Crippen LogP contribution in [0.2, 0.25) is 15.1 Å². The third-order valence-corrected chi connectivity index (χ3v) is 10.7. The van der Waals surface area contributed by atoms with Crippen molar-refractivity contribution in [2.75, 3.05) is 10.8 Å². The summed E-state index contributed by atoms with van der Waals surface area (Å²) in [6.07, 6.45) is -0.145. The zero-order valence-electron chi connectivity index (χ0n) is 24.9. The van der Waals surface area contributed by atoms with Crippen LogP contribution in [0.5, 0.6) is 0 Å². The van der Waals surface area contributed by atoms with Crippen LogP contribution in [0, 0.1) is 0 Å². The summed E-state index contributed by atoms with van der Waals surface area (Å²) in [5, 5.41) is 2.88. The minimum absolute atomic E-state index is 0.0676. The quantitative estimate of drug-likeness (QED) is 0.217. The third-order valence-electron chi connectivity index (χ3n) is 7.83. The predicted octanol–water partition coefficient (Wildman–Crippen LogP) is 8.12. The maximum absolute atomic E-state index is 14.2. The van der Waals surface area contributed by atoms with Gasteiger partial charge >= 0.3 is 6.18 Å². The maximum Gasteiger partial charge on any atom is 0.417 e. The fourth-order valence-corrected chi connectivity index (χ4v) is 7.40. The highest BCUT2D eigenvalue weighted by Crippen LogP contribution is 2.38. The van der Waals surface area contributed by atoms with Crippen molar-refractivity contribution in [2.45, 2.75) is 75.1 Å². The van der Waals surface area contributed by atoms with Crippen LogP contribution in [0.4, 0.5) is 18.9 Å². The van der Waals surface area contributed by atoms with Gasteiger partial charge in [0, 0.05) is 12.6 Å². The van der Waals surface area contributed by atoms with E-state index in [0.29, 0.717) is 15.9 Å². The molecule has 0 saturated heterocycles. The van der Waals surface area contributed by atoms with Crippen molar-refractivity contribution in [3.63, 3.8) is 0 Å². The Hall–Kier alpha value is -2.99. The van der Waals surface area contributed by atoms with Crippen LogP contribution in [0.3, 0.4) is 0 Å². The van der Waals surface area contributed by atoms with Crippen molar-refractivity contribution in [1.82, 2.24) is 10.2 Å². The lowest BCUT2D eigenvalue weighted by atomic mass is 9.95. The van der Waals surface area contributed by atoms with E-state index in [2.05, 4.69) is 5.32 Å². The van der Waals surface area contributed by atoms with E-state index in [4.69, 9.17) is 34.8 Å². The lowest BCUT2D eigenvalue weighted by Gasteiger charge is -2.34. The number of sulfonamides is 1. The van der Waals surface area contributed by atoms with Gasteiger partial charge < -0.3 is 10.2 Å². The molecular formula is C32H33Cl3F3N3O4S. The Morgan fingerprint density at radius 3 is 2.17 bits per heavy atom. The molecular weight excluding hydrogens is 686 g/mol. The lowest BCUT2D eigenvalue weighted by molar-refractivity contribution is -0.140. The molecule has 2 amide bonds. The van der Waals surface area contributed by atoms with E-state index in [0.717, 1.165) is 44.2 Å². The van der Waals surface area contributed by atoms with Crippen molar-refractivity contribution >= 4 is 62.3 Å². The molecule has 0 spiro atoms. The van der Waals surface area contributed by atoms with Crippen LogP contribution in [-0.2, 0) is 32.3 Å². The summed E-state index contributed by atoms with van der Waals surface area (Å²) in [7, 11) is -4.58. The molecule has 1 atom stereocenters. The van der Waals surface area contributed by atoms with Gasteiger partial charge in [-0.25, -0.2) is 8.42 Å². The number of hydrogen-bond acceptors (Lipinski definition) is 4. The third kappa shape index (κ3) is 8.67. The second-order valence-electron chi connectivity index (χ2n) is 11.0. The molecule has 3 aromatic rings. The number of hydrogen-bond donors (Lipinski definition) is 1. The van der Waals surface area contributed by atoms with E-state index in [1.807, 2.05) is 0 Å². The van der Waals surface area contributed by atoms with Crippen LogP contribution in [0.15, 0.2) is 71.6 Å². The normalized spacial score (nSPS) is 14.8. The first-order valence-corrected chi connectivity index (χ1v) is 17.3. The van der Waals surface area contributed by atoms with Crippen LogP contribution >= 0.6 is 34.8 Å². The molecule has 14 heteroatoms. The fraction of sp³-hybridized carbons (Fsp3) is 0.375. The first-order valence-electron chi connectivity index (χ1n) is 14.7. The molecule has 1 aliphatic rings. The number of halogens is 6. The van der Waals surface area contributed by atoms with Gasteiger partial charge in [-0.1, -0.05) is 85.3 Å². The summed E-state index contributed by atoms with van der Waals surface area (Å²) in [4.78, 5) is 28.9. The number of anilines is 1. The number of alkyl halides is 3. The zero-order chi connectivity index (χ0) is 33.6. The lowest BCUT2D eigenvalue weighted by Crippen LogP contribution is -2.54. The Labute approximate surface area is 281 Å². The van der Waals surface area contributed by atoms with E-state index >= 15 is 0 Å². The van der Waals surface area contributed by atoms with E-state index in [-0.39, 0.29) is 33.9 Å². The molecule has 0 unspecified atom stereocenters. The van der Waals surface area contributed by atoms with Gasteiger partial charge in [-0.05, 0) is 67.3 Å². The van der Waals surface area contributed by atoms with Crippen LogP contribution in [-0.4, -0.2) is 43.8 Å². The van der Waals surface area contributed by atoms with Crippen molar-refractivity contribution in [3.8, 4) is 0 Å². The number of carbonyl (C=O) groups is 2. The summed E-state index contributed by atoms with van der Waals surface area (Å²) in [6.45, 7) is 0.651. The number of nitrogens with zero attached hydrogens (tertiary/aromatic N) is 2. The fourth-order valence-electron chi connectivity index (χ4n) is 5.43. The summed E-state index contributed by atoms with van der Waals surface area (Å²) in [6, 6.07) is 13.2. The van der Waals surface area contributed by atoms with E-state index in [1.165, 1.54) is 41.3 Å². The molecule has 3 aromatic carbocycles. The number of nitrogens with one attached hydrogen (secondary N) is 1. The summed E-state index contributed by atoms with van der Waals surface area (Å²) in [5.41, 5.74) is -1.18. The molecule has 0 heterocycles. The minimum Gasteiger partial charge on any atom is -0.352 e. The van der Waals surface area contributed by atoms with Gasteiger partial charge in [-0.15, -0.1) is 0 Å². The summed E-state index contributed by atoms with van der Waals surface area (Å²) >= 11 is 18.2. The second-order valence-corrected chi connectivity index (χ2v) is 14.1. The average molecular weight is 719 g/mol. The average Bonchev–Trinajstić information content (AvgIpc) is 3.02. The van der Waals surface area contributed by atoms with Gasteiger partial charge in [0.25, 0.3) is 10.0 Å². The molecule has 7 nitrogen and oxygen atoms in total. The molecule has 0 aliphatic heterocycles. The molecule has 0 bridgehead atoms. The molecule has 1 aliphatic carbocycles. The van der Waals surface area contributed by atoms with E-state index in [9.17, 15) is 31.2 Å². The van der Waals surface area contributed by atoms with Gasteiger partial charge in [0.2, 0.25) is 11.8 Å². The van der Waals surface area contributed by atoms with Crippen molar-refractivity contribution in [2.24, 2.45) is 0 Å². The van der Waals surface area contributed by atoms with Crippen LogP contribution in [0.1, 0.15) is 56.6 Å². The Bertz CT molecular complexity index is 1650. The topological polar surface area (TPSA) is 86.8 Å². The Morgan fingerprint density at radius 1 is 0.913 bits per heavy atom. The minimum atomic E-state index is -4.90. The number of amides is 2. The van der Waals surface area contributed by atoms with Gasteiger partial charge in [0.1, 0.15) is 12.6 Å². The highest BCUT2D eigenvalue weighted by atomic mass is 35.5. The smallest absolute Gasteiger partial charge is 0.352 e. The summed E-state index contributed by atoms with van der Waals surface area (Å²) < 4.78 is 70.0. The first kappa shape index (κ1) is 35.9. The van der Waals surface area contributed by atoms with Gasteiger partial charge in [0.05, 0.1) is 31.2 Å². The second kappa shape index (κ2) is 15.3. The standard InChI is InChI=1S/C32H33Cl3F3N3O4S/c1-2-29(31(43)39-22-9-5-3-6-10-22)40(19-21-13-15-27(34)28(35)17-21)30(42)20-41(46(44,45)24-11-7-4-8-12-24)23-14-16-26(33)25(18-23)32(36,37)38/h4,7-8,11-18,22,29H,2-3,5-6,9-10,19-20H2,1H3,(H,39,43)/t29-/m0/s1. The highest BCUT2D eigenvalue weighted by Gasteiger charge is 2.37. The molecule has 0 aromatic heterocycles. The monoisotopic (exact) mass is 717 g/mol. The largest absolute Gasteiger partial charge is 0.417 e. The molecule has 4 rings (SSSR count). The molecule has 248 valence electrons. The predicted molar refractivity (Wildman–Crippen MR) is 174 cm³/mol. The van der Waals surface area contributed by atoms with E-state index in [1.54, 1.807) is 19.1 Å². The van der Waals surface area contributed by atoms with Gasteiger partial charge in [-0.2, -0.15) is 13.2 Å². The van der Waals surface area contributed by atoms with Crippen LogP contribution in [0.25, 0.3) is 0 Å². The van der Waals surface area contributed by atoms with Crippen molar-refractivity contribution in [3.05, 3.63) is 92.9 Å². The SMILES string of the molecule is CC[C@@H](C(=O)NC1CCCCC1)N(Cc1ccc(Cl)c(Cl)c1)C(=O)CN(c1ccc(Cl)c(C(F)(F)F)c1)S(=O)(=O)c1ccccc1. The molecule has 1 saturated carbocycles. The molecule has 0 radical (unpaired) electrons. The number of carbonyl (C=O) groups excluding carboxylic acids is 2. The first-order chi connectivity index (χ1) is 21.7. The summed E-state index contributed by atoms with van der Waals surface area (Å²) in [5.74, 6) is -1.23. The van der Waals surface area contributed by atoms with Crippen molar-refractivity contribution < 1.29 is 31.2 Å². The van der Waals surface area contributed by atoms with Gasteiger partial charge in [0.15, 0.2) is 0 Å².